The van der Waals surface area contributed by atoms with Crippen molar-refractivity contribution in [2.24, 2.45) is 0 Å². The van der Waals surface area contributed by atoms with Gasteiger partial charge in [0.25, 0.3) is 5.91 Å². The molecule has 2 aliphatic rings. The van der Waals surface area contributed by atoms with E-state index in [1.807, 2.05) is 28.9 Å². The number of nitrogens with zero attached hydrogens (tertiary/aromatic N) is 5. The van der Waals surface area contributed by atoms with E-state index < -0.39 is 6.04 Å². The molecule has 0 N–H and O–H groups in total. The Kier molecular flexibility index (Phi) is 4.01. The first-order valence-electron chi connectivity index (χ1n) is 8.61. The zero-order valence-corrected chi connectivity index (χ0v) is 14.2. The average Bonchev–Trinajstić information content (AvgIpc) is 3.18. The Morgan fingerprint density at radius 2 is 1.92 bits per heavy atom. The zero-order chi connectivity index (χ0) is 17.4. The van der Waals surface area contributed by atoms with Gasteiger partial charge in [0.15, 0.2) is 0 Å². The molecule has 7 heteroatoms. The van der Waals surface area contributed by atoms with Gasteiger partial charge in [0, 0.05) is 38.9 Å². The van der Waals surface area contributed by atoms with Crippen LogP contribution in [0.4, 0.5) is 10.5 Å². The molecule has 0 spiro atoms. The first-order chi connectivity index (χ1) is 12.2. The predicted octanol–water partition coefficient (Wildman–Crippen LogP) is 1.56. The standard InChI is InChI=1S/C18H21N5O2/c1-2-22-15(8-9-19-22)12-20-10-11-21-16(13-20)17(24)23(18(21)25)14-6-4-3-5-7-14/h3-9,16H,2,10-13H2,1H3/t16-/m0/s1. The third-order valence-electron chi connectivity index (χ3n) is 4.91. The van der Waals surface area contributed by atoms with Crippen molar-refractivity contribution in [3.63, 3.8) is 0 Å². The Morgan fingerprint density at radius 1 is 1.12 bits per heavy atom. The summed E-state index contributed by atoms with van der Waals surface area (Å²) in [6, 6.07) is 10.5. The lowest BCUT2D eigenvalue weighted by Crippen LogP contribution is -2.52. The monoisotopic (exact) mass is 339 g/mol. The number of aromatic nitrogens is 2. The maximum absolute atomic E-state index is 12.8. The number of benzene rings is 1. The number of aryl methyl sites for hydroxylation is 1. The van der Waals surface area contributed by atoms with Crippen LogP contribution in [0.15, 0.2) is 42.6 Å². The number of piperazine rings is 1. The molecule has 2 aromatic rings. The molecule has 2 fully saturated rings. The van der Waals surface area contributed by atoms with E-state index in [0.29, 0.717) is 18.8 Å². The molecule has 7 nitrogen and oxygen atoms in total. The number of fused-ring (bicyclic) bond motifs is 1. The Hall–Kier alpha value is -2.67. The predicted molar refractivity (Wildman–Crippen MR) is 93.0 cm³/mol. The summed E-state index contributed by atoms with van der Waals surface area (Å²) in [5, 5.41) is 4.30. The SMILES string of the molecule is CCn1nccc1CN1CCN2C(=O)N(c3ccccc3)C(=O)[C@@H]2C1. The number of imide groups is 1. The van der Waals surface area contributed by atoms with Crippen LogP contribution < -0.4 is 4.90 Å². The summed E-state index contributed by atoms with van der Waals surface area (Å²) in [6.45, 7) is 5.51. The van der Waals surface area contributed by atoms with Crippen LogP contribution in [-0.4, -0.2) is 57.2 Å². The minimum absolute atomic E-state index is 0.134. The van der Waals surface area contributed by atoms with Gasteiger partial charge >= 0.3 is 6.03 Å². The quantitative estimate of drug-likeness (QED) is 0.793. The van der Waals surface area contributed by atoms with Crippen molar-refractivity contribution in [1.82, 2.24) is 19.6 Å². The van der Waals surface area contributed by atoms with E-state index in [0.717, 1.165) is 25.3 Å². The summed E-state index contributed by atoms with van der Waals surface area (Å²) in [5.41, 5.74) is 1.77. The van der Waals surface area contributed by atoms with Crippen molar-refractivity contribution >= 4 is 17.6 Å². The second-order valence-corrected chi connectivity index (χ2v) is 6.37. The maximum Gasteiger partial charge on any atom is 0.332 e. The summed E-state index contributed by atoms with van der Waals surface area (Å²) in [7, 11) is 0. The van der Waals surface area contributed by atoms with E-state index >= 15 is 0 Å². The lowest BCUT2D eigenvalue weighted by Gasteiger charge is -2.35. The molecular formula is C18H21N5O2. The van der Waals surface area contributed by atoms with Gasteiger partial charge in [-0.3, -0.25) is 14.4 Å². The number of carbonyl (C=O) groups is 2. The molecule has 0 saturated carbocycles. The Morgan fingerprint density at radius 3 is 2.68 bits per heavy atom. The minimum Gasteiger partial charge on any atom is -0.309 e. The summed E-state index contributed by atoms with van der Waals surface area (Å²) in [6.07, 6.45) is 1.80. The normalized spacial score (nSPS) is 21.1. The number of hydrogen-bond donors (Lipinski definition) is 0. The van der Waals surface area contributed by atoms with Crippen molar-refractivity contribution in [2.75, 3.05) is 24.5 Å². The fourth-order valence-electron chi connectivity index (χ4n) is 3.62. The highest BCUT2D eigenvalue weighted by molar-refractivity contribution is 6.21. The fourth-order valence-corrected chi connectivity index (χ4v) is 3.62. The molecule has 2 saturated heterocycles. The van der Waals surface area contributed by atoms with Gasteiger partial charge in [-0.05, 0) is 25.1 Å². The number of para-hydroxylation sites is 1. The topological polar surface area (TPSA) is 61.7 Å². The molecule has 4 rings (SSSR count). The number of amides is 3. The van der Waals surface area contributed by atoms with E-state index in [-0.39, 0.29) is 11.9 Å². The van der Waals surface area contributed by atoms with E-state index in [2.05, 4.69) is 16.9 Å². The van der Waals surface area contributed by atoms with Gasteiger partial charge in [0.05, 0.1) is 11.4 Å². The second-order valence-electron chi connectivity index (χ2n) is 6.37. The van der Waals surface area contributed by atoms with Crippen LogP contribution in [-0.2, 0) is 17.9 Å². The lowest BCUT2D eigenvalue weighted by atomic mass is 10.1. The van der Waals surface area contributed by atoms with Crippen LogP contribution in [0.3, 0.4) is 0 Å². The van der Waals surface area contributed by atoms with Crippen LogP contribution in [0.2, 0.25) is 0 Å². The largest absolute Gasteiger partial charge is 0.332 e. The number of hydrogen-bond acceptors (Lipinski definition) is 4. The summed E-state index contributed by atoms with van der Waals surface area (Å²) < 4.78 is 1.96. The third-order valence-corrected chi connectivity index (χ3v) is 4.91. The highest BCUT2D eigenvalue weighted by atomic mass is 16.2. The Balaban J connectivity index is 1.51. The van der Waals surface area contributed by atoms with Gasteiger partial charge in [-0.2, -0.15) is 5.10 Å². The van der Waals surface area contributed by atoms with E-state index in [9.17, 15) is 9.59 Å². The van der Waals surface area contributed by atoms with Gasteiger partial charge in [0.1, 0.15) is 6.04 Å². The van der Waals surface area contributed by atoms with Crippen molar-refractivity contribution < 1.29 is 9.59 Å². The molecule has 1 atom stereocenters. The van der Waals surface area contributed by atoms with Gasteiger partial charge in [-0.25, -0.2) is 9.69 Å². The number of carbonyl (C=O) groups excluding carboxylic acids is 2. The Labute approximate surface area is 146 Å². The third kappa shape index (κ3) is 2.70. The van der Waals surface area contributed by atoms with Gasteiger partial charge < -0.3 is 4.90 Å². The molecule has 3 heterocycles. The van der Waals surface area contributed by atoms with E-state index in [4.69, 9.17) is 0 Å². The Bertz CT molecular complexity index is 788. The zero-order valence-electron chi connectivity index (χ0n) is 14.2. The second kappa shape index (κ2) is 6.33. The van der Waals surface area contributed by atoms with Crippen LogP contribution in [0.5, 0.6) is 0 Å². The van der Waals surface area contributed by atoms with Crippen LogP contribution in [0.1, 0.15) is 12.6 Å². The molecule has 1 aromatic heterocycles. The van der Waals surface area contributed by atoms with Gasteiger partial charge in [-0.1, -0.05) is 18.2 Å². The maximum atomic E-state index is 12.8. The van der Waals surface area contributed by atoms with Crippen molar-refractivity contribution in [3.05, 3.63) is 48.3 Å². The number of urea groups is 1. The molecule has 25 heavy (non-hydrogen) atoms. The molecule has 0 bridgehead atoms. The molecule has 3 amide bonds. The molecule has 130 valence electrons. The number of rotatable bonds is 4. The molecule has 0 radical (unpaired) electrons. The van der Waals surface area contributed by atoms with Crippen molar-refractivity contribution in [2.45, 2.75) is 26.1 Å². The van der Waals surface area contributed by atoms with E-state index in [1.54, 1.807) is 23.2 Å². The highest BCUT2D eigenvalue weighted by Crippen LogP contribution is 2.27. The summed E-state index contributed by atoms with van der Waals surface area (Å²) >= 11 is 0. The molecule has 0 aliphatic carbocycles. The first-order valence-corrected chi connectivity index (χ1v) is 8.61. The fraction of sp³-hybridized carbons (Fsp3) is 0.389. The van der Waals surface area contributed by atoms with Gasteiger partial charge in [0.2, 0.25) is 0 Å². The molecular weight excluding hydrogens is 318 g/mol. The van der Waals surface area contributed by atoms with E-state index in [1.165, 1.54) is 4.90 Å². The van der Waals surface area contributed by atoms with Crippen LogP contribution in [0, 0.1) is 0 Å². The first kappa shape index (κ1) is 15.8. The molecule has 1 aromatic carbocycles. The highest BCUT2D eigenvalue weighted by Gasteiger charge is 2.48. The summed E-state index contributed by atoms with van der Waals surface area (Å²) in [5.74, 6) is -0.134. The molecule has 0 unspecified atom stereocenters. The van der Waals surface area contributed by atoms with Crippen LogP contribution >= 0.6 is 0 Å². The average molecular weight is 339 g/mol. The van der Waals surface area contributed by atoms with Crippen molar-refractivity contribution in [3.8, 4) is 0 Å². The smallest absolute Gasteiger partial charge is 0.309 e. The van der Waals surface area contributed by atoms with Crippen molar-refractivity contribution in [1.29, 1.82) is 0 Å². The van der Waals surface area contributed by atoms with Gasteiger partial charge in [-0.15, -0.1) is 0 Å². The minimum atomic E-state index is -0.403. The van der Waals surface area contributed by atoms with Crippen LogP contribution in [0.25, 0.3) is 0 Å². The number of anilines is 1. The summed E-state index contributed by atoms with van der Waals surface area (Å²) in [4.78, 5) is 30.7. The molecule has 2 aliphatic heterocycles. The lowest BCUT2D eigenvalue weighted by molar-refractivity contribution is -0.121.